The zero-order valence-electron chi connectivity index (χ0n) is 18.7. The highest BCUT2D eigenvalue weighted by atomic mass is 35.5. The molecule has 9 heteroatoms. The molecule has 5 rings (SSSR count). The molecule has 2 aromatic heterocycles. The Hall–Kier alpha value is -3.20. The number of carbonyl (C=O) groups is 2. The van der Waals surface area contributed by atoms with E-state index in [2.05, 4.69) is 9.69 Å². The van der Waals surface area contributed by atoms with E-state index in [1.54, 1.807) is 13.0 Å². The van der Waals surface area contributed by atoms with Crippen LogP contribution in [0.25, 0.3) is 21.6 Å². The van der Waals surface area contributed by atoms with Crippen molar-refractivity contribution in [2.75, 3.05) is 5.32 Å². The number of carboxylic acids is 1. The number of halogens is 1. The van der Waals surface area contributed by atoms with E-state index >= 15 is 0 Å². The van der Waals surface area contributed by atoms with Gasteiger partial charge in [0.05, 0.1) is 26.0 Å². The molecule has 4 aromatic rings. The van der Waals surface area contributed by atoms with Crippen LogP contribution in [0.15, 0.2) is 66.0 Å². The molecule has 1 aliphatic carbocycles. The standard InChI is InChI=1S/C26H21ClN2O4S2/c1-15(20-10-13-34-29-20)33-25(32)28-21-14-22(27)35-23(21)18-4-2-16(3-5-18)17-6-8-19(9-7-17)26(11-12-26)24(30)31/h2-10,13-15H,11-12H2,1H3,(H,28,32)(H,30,31). The zero-order chi connectivity index (χ0) is 24.6. The summed E-state index contributed by atoms with van der Waals surface area (Å²) < 4.78 is 10.2. The molecule has 1 unspecified atom stereocenters. The van der Waals surface area contributed by atoms with Gasteiger partial charge in [0, 0.05) is 5.38 Å². The third-order valence-corrected chi connectivity index (χ3v) is 8.06. The predicted molar refractivity (Wildman–Crippen MR) is 139 cm³/mol. The van der Waals surface area contributed by atoms with Crippen LogP contribution >= 0.6 is 34.5 Å². The number of aliphatic carboxylic acids is 1. The smallest absolute Gasteiger partial charge is 0.412 e. The van der Waals surface area contributed by atoms with Gasteiger partial charge in [-0.05, 0) is 65.7 Å². The van der Waals surface area contributed by atoms with Crippen molar-refractivity contribution in [3.05, 3.63) is 81.6 Å². The fourth-order valence-corrected chi connectivity index (χ4v) is 5.79. The lowest BCUT2D eigenvalue weighted by atomic mass is 9.93. The summed E-state index contributed by atoms with van der Waals surface area (Å²) in [5, 5.41) is 14.1. The second-order valence-electron chi connectivity index (χ2n) is 8.43. The summed E-state index contributed by atoms with van der Waals surface area (Å²) in [6.07, 6.45) is 0.337. The molecule has 0 aliphatic heterocycles. The minimum absolute atomic E-state index is 0.463. The highest BCUT2D eigenvalue weighted by molar-refractivity contribution is 7.20. The minimum Gasteiger partial charge on any atom is -0.481 e. The summed E-state index contributed by atoms with van der Waals surface area (Å²) in [6.45, 7) is 1.77. The molecule has 1 amide bonds. The first kappa shape index (κ1) is 23.5. The summed E-state index contributed by atoms with van der Waals surface area (Å²) in [7, 11) is 0. The maximum Gasteiger partial charge on any atom is 0.412 e. The van der Waals surface area contributed by atoms with E-state index in [9.17, 15) is 14.7 Å². The third kappa shape index (κ3) is 4.82. The van der Waals surface area contributed by atoms with Crippen molar-refractivity contribution in [3.63, 3.8) is 0 Å². The predicted octanol–water partition coefficient (Wildman–Crippen LogP) is 7.62. The first-order valence-corrected chi connectivity index (χ1v) is 13.0. The number of rotatable bonds is 7. The number of anilines is 1. The van der Waals surface area contributed by atoms with Crippen LogP contribution in [0, 0.1) is 0 Å². The summed E-state index contributed by atoms with van der Waals surface area (Å²) in [6, 6.07) is 19.2. The number of benzene rings is 2. The lowest BCUT2D eigenvalue weighted by Gasteiger charge is -2.13. The Labute approximate surface area is 215 Å². The van der Waals surface area contributed by atoms with E-state index in [0.717, 1.165) is 27.1 Å². The van der Waals surface area contributed by atoms with Crippen molar-refractivity contribution in [1.29, 1.82) is 0 Å². The molecule has 1 fully saturated rings. The molecule has 178 valence electrons. The van der Waals surface area contributed by atoms with Crippen LogP contribution in [-0.2, 0) is 14.9 Å². The first-order valence-electron chi connectivity index (χ1n) is 11.0. The molecule has 1 aliphatic rings. The van der Waals surface area contributed by atoms with Gasteiger partial charge in [0.1, 0.15) is 6.10 Å². The molecule has 0 spiro atoms. The first-order chi connectivity index (χ1) is 16.9. The summed E-state index contributed by atoms with van der Waals surface area (Å²) in [5.74, 6) is -0.755. The highest BCUT2D eigenvalue weighted by Crippen LogP contribution is 2.48. The number of amides is 1. The second kappa shape index (κ2) is 9.45. The SMILES string of the molecule is CC(OC(=O)Nc1cc(Cl)sc1-c1ccc(-c2ccc(C3(C(=O)O)CC3)cc2)cc1)c1ccsn1. The molecule has 0 bridgehead atoms. The van der Waals surface area contributed by atoms with Gasteiger partial charge in [0.2, 0.25) is 0 Å². The Morgan fingerprint density at radius 2 is 1.69 bits per heavy atom. The Morgan fingerprint density at radius 3 is 2.26 bits per heavy atom. The maximum absolute atomic E-state index is 12.5. The van der Waals surface area contributed by atoms with Crippen LogP contribution in [-0.4, -0.2) is 21.5 Å². The van der Waals surface area contributed by atoms with E-state index in [1.807, 2.05) is 60.0 Å². The number of nitrogens with zero attached hydrogens (tertiary/aromatic N) is 1. The summed E-state index contributed by atoms with van der Waals surface area (Å²) >= 11 is 8.94. The van der Waals surface area contributed by atoms with Crippen LogP contribution in [0.1, 0.15) is 37.1 Å². The van der Waals surface area contributed by atoms with E-state index in [4.69, 9.17) is 16.3 Å². The monoisotopic (exact) mass is 524 g/mol. The van der Waals surface area contributed by atoms with Crippen molar-refractivity contribution in [2.24, 2.45) is 0 Å². The number of carboxylic acid groups (broad SMARTS) is 1. The molecule has 35 heavy (non-hydrogen) atoms. The fraction of sp³-hybridized carbons (Fsp3) is 0.192. The summed E-state index contributed by atoms with van der Waals surface area (Å²) in [4.78, 5) is 24.9. The van der Waals surface area contributed by atoms with Gasteiger partial charge in [-0.2, -0.15) is 4.37 Å². The Morgan fingerprint density at radius 1 is 1.06 bits per heavy atom. The van der Waals surface area contributed by atoms with Crippen LogP contribution in [0.2, 0.25) is 4.34 Å². The van der Waals surface area contributed by atoms with Crippen LogP contribution in [0.5, 0.6) is 0 Å². The van der Waals surface area contributed by atoms with Crippen LogP contribution < -0.4 is 5.32 Å². The number of hydrogen-bond acceptors (Lipinski definition) is 6. The Kier molecular flexibility index (Phi) is 6.35. The van der Waals surface area contributed by atoms with Gasteiger partial charge in [-0.25, -0.2) is 4.79 Å². The normalized spacial score (nSPS) is 14.8. The molecule has 0 radical (unpaired) electrons. The number of aromatic nitrogens is 1. The van der Waals surface area contributed by atoms with Crippen LogP contribution in [0.4, 0.5) is 10.5 Å². The number of hydrogen-bond donors (Lipinski definition) is 2. The quantitative estimate of drug-likeness (QED) is 0.259. The molecule has 2 N–H and O–H groups in total. The molecule has 0 saturated heterocycles. The van der Waals surface area contributed by atoms with Gasteiger partial charge in [0.25, 0.3) is 0 Å². The van der Waals surface area contributed by atoms with Crippen LogP contribution in [0.3, 0.4) is 0 Å². The highest BCUT2D eigenvalue weighted by Gasteiger charge is 2.51. The topological polar surface area (TPSA) is 88.5 Å². The minimum atomic E-state index is -0.755. The van der Waals surface area contributed by atoms with Crippen molar-refractivity contribution >= 4 is 52.2 Å². The van der Waals surface area contributed by atoms with E-state index < -0.39 is 23.6 Å². The molecular weight excluding hydrogens is 504 g/mol. The maximum atomic E-state index is 12.5. The van der Waals surface area contributed by atoms with Crippen molar-refractivity contribution in [3.8, 4) is 21.6 Å². The molecule has 2 aromatic carbocycles. The van der Waals surface area contributed by atoms with Crippen molar-refractivity contribution in [1.82, 2.24) is 4.37 Å². The van der Waals surface area contributed by atoms with Gasteiger partial charge in [-0.3, -0.25) is 10.1 Å². The van der Waals surface area contributed by atoms with Crippen molar-refractivity contribution in [2.45, 2.75) is 31.3 Å². The number of carbonyl (C=O) groups excluding carboxylic acids is 1. The van der Waals surface area contributed by atoms with E-state index in [0.29, 0.717) is 28.6 Å². The van der Waals surface area contributed by atoms with Gasteiger partial charge in [0.15, 0.2) is 0 Å². The van der Waals surface area contributed by atoms with E-state index in [1.165, 1.54) is 22.9 Å². The molecule has 1 saturated carbocycles. The van der Waals surface area contributed by atoms with Gasteiger partial charge < -0.3 is 9.84 Å². The molecule has 2 heterocycles. The number of nitrogens with one attached hydrogen (secondary N) is 1. The second-order valence-corrected chi connectivity index (χ2v) is 10.8. The largest absolute Gasteiger partial charge is 0.481 e. The molecule has 1 atom stereocenters. The lowest BCUT2D eigenvalue weighted by molar-refractivity contribution is -0.140. The molecular formula is C26H21ClN2O4S2. The van der Waals surface area contributed by atoms with Gasteiger partial charge in [-0.15, -0.1) is 11.3 Å². The lowest BCUT2D eigenvalue weighted by Crippen LogP contribution is -2.19. The Balaban J connectivity index is 1.31. The van der Waals surface area contributed by atoms with E-state index in [-0.39, 0.29) is 0 Å². The zero-order valence-corrected chi connectivity index (χ0v) is 21.0. The average Bonchev–Trinajstić information content (AvgIpc) is 3.32. The number of ether oxygens (including phenoxy) is 1. The number of thiophene rings is 1. The summed E-state index contributed by atoms with van der Waals surface area (Å²) in [5.41, 5.74) is 4.35. The fourth-order valence-electron chi connectivity index (χ4n) is 4.01. The van der Waals surface area contributed by atoms with Crippen molar-refractivity contribution < 1.29 is 19.4 Å². The van der Waals surface area contributed by atoms with Gasteiger partial charge in [-0.1, -0.05) is 60.1 Å². The Bertz CT molecular complexity index is 1360. The third-order valence-electron chi connectivity index (χ3n) is 6.17. The van der Waals surface area contributed by atoms with Gasteiger partial charge >= 0.3 is 12.1 Å². The molecule has 6 nitrogen and oxygen atoms in total. The average molecular weight is 525 g/mol.